The summed E-state index contributed by atoms with van der Waals surface area (Å²) in [5.74, 6) is 0. The SMILES string of the molecule is Cc1cc(N(C)C)ccc1NC(C)c1ccc(Br)cc1Cl. The maximum absolute atomic E-state index is 6.32. The van der Waals surface area contributed by atoms with Crippen LogP contribution in [0, 0.1) is 6.92 Å². The summed E-state index contributed by atoms with van der Waals surface area (Å²) >= 11 is 9.76. The Bertz CT molecular complexity index is 641. The van der Waals surface area contributed by atoms with E-state index in [0.29, 0.717) is 0 Å². The van der Waals surface area contributed by atoms with E-state index in [-0.39, 0.29) is 6.04 Å². The largest absolute Gasteiger partial charge is 0.378 e. The van der Waals surface area contributed by atoms with Crippen molar-refractivity contribution in [3.8, 4) is 0 Å². The zero-order valence-corrected chi connectivity index (χ0v) is 15.1. The van der Waals surface area contributed by atoms with E-state index in [2.05, 4.69) is 58.2 Å². The predicted octanol–water partition coefficient (Wildman–Crippen LogP) is 5.65. The summed E-state index contributed by atoms with van der Waals surface area (Å²) in [6.07, 6.45) is 0. The molecule has 0 saturated carbocycles. The highest BCUT2D eigenvalue weighted by atomic mass is 79.9. The molecule has 0 aliphatic rings. The van der Waals surface area contributed by atoms with E-state index >= 15 is 0 Å². The van der Waals surface area contributed by atoms with Gasteiger partial charge in [-0.05, 0) is 55.3 Å². The van der Waals surface area contributed by atoms with Gasteiger partial charge in [0.1, 0.15) is 0 Å². The van der Waals surface area contributed by atoms with Crippen LogP contribution >= 0.6 is 27.5 Å². The summed E-state index contributed by atoms with van der Waals surface area (Å²) in [4.78, 5) is 2.10. The van der Waals surface area contributed by atoms with Gasteiger partial charge in [-0.15, -0.1) is 0 Å². The molecule has 0 aliphatic heterocycles. The summed E-state index contributed by atoms with van der Waals surface area (Å²) in [6.45, 7) is 4.24. The molecular formula is C17H20BrClN2. The molecule has 0 aromatic heterocycles. The standard InChI is InChI=1S/C17H20BrClN2/c1-11-9-14(21(3)4)6-8-17(11)20-12(2)15-7-5-13(18)10-16(15)19/h5-10,12,20H,1-4H3. The minimum Gasteiger partial charge on any atom is -0.378 e. The molecule has 0 fully saturated rings. The minimum atomic E-state index is 0.148. The molecule has 1 N–H and O–H groups in total. The van der Waals surface area contributed by atoms with Gasteiger partial charge in [0, 0.05) is 35.0 Å². The monoisotopic (exact) mass is 366 g/mol. The van der Waals surface area contributed by atoms with E-state index in [0.717, 1.165) is 20.7 Å². The highest BCUT2D eigenvalue weighted by Gasteiger charge is 2.11. The number of nitrogens with one attached hydrogen (secondary N) is 1. The van der Waals surface area contributed by atoms with Gasteiger partial charge in [-0.3, -0.25) is 0 Å². The van der Waals surface area contributed by atoms with E-state index < -0.39 is 0 Å². The Morgan fingerprint density at radius 1 is 1.14 bits per heavy atom. The van der Waals surface area contributed by atoms with Crippen LogP contribution in [0.1, 0.15) is 24.1 Å². The Hall–Kier alpha value is -1.19. The molecule has 0 heterocycles. The molecule has 2 aromatic rings. The number of anilines is 2. The molecule has 0 amide bonds. The van der Waals surface area contributed by atoms with Gasteiger partial charge in [0.2, 0.25) is 0 Å². The molecule has 0 bridgehead atoms. The second kappa shape index (κ2) is 6.71. The van der Waals surface area contributed by atoms with Gasteiger partial charge >= 0.3 is 0 Å². The minimum absolute atomic E-state index is 0.148. The van der Waals surface area contributed by atoms with Crippen LogP contribution in [0.15, 0.2) is 40.9 Å². The summed E-state index contributed by atoms with van der Waals surface area (Å²) in [5.41, 5.74) is 4.65. The van der Waals surface area contributed by atoms with Crippen LogP contribution < -0.4 is 10.2 Å². The second-order valence-corrected chi connectivity index (χ2v) is 6.75. The molecule has 21 heavy (non-hydrogen) atoms. The fourth-order valence-electron chi connectivity index (χ4n) is 2.25. The summed E-state index contributed by atoms with van der Waals surface area (Å²) in [5, 5.41) is 4.30. The van der Waals surface area contributed by atoms with E-state index in [9.17, 15) is 0 Å². The molecule has 4 heteroatoms. The Balaban J connectivity index is 2.21. The topological polar surface area (TPSA) is 15.3 Å². The van der Waals surface area contributed by atoms with Crippen LogP contribution in [-0.4, -0.2) is 14.1 Å². The van der Waals surface area contributed by atoms with Crippen LogP contribution in [0.5, 0.6) is 0 Å². The van der Waals surface area contributed by atoms with Gasteiger partial charge in [0.25, 0.3) is 0 Å². The highest BCUT2D eigenvalue weighted by molar-refractivity contribution is 9.10. The Labute approximate surface area is 140 Å². The van der Waals surface area contributed by atoms with Crippen molar-refractivity contribution in [3.63, 3.8) is 0 Å². The van der Waals surface area contributed by atoms with Crippen molar-refractivity contribution < 1.29 is 0 Å². The van der Waals surface area contributed by atoms with Crippen LogP contribution in [-0.2, 0) is 0 Å². The molecule has 112 valence electrons. The zero-order chi connectivity index (χ0) is 15.6. The molecule has 0 aliphatic carbocycles. The third-order valence-corrected chi connectivity index (χ3v) is 4.35. The number of rotatable bonds is 4. The molecule has 0 radical (unpaired) electrons. The lowest BCUT2D eigenvalue weighted by Crippen LogP contribution is -2.11. The smallest absolute Gasteiger partial charge is 0.0500 e. The normalized spacial score (nSPS) is 12.1. The first-order valence-electron chi connectivity index (χ1n) is 6.88. The molecule has 2 aromatic carbocycles. The Morgan fingerprint density at radius 3 is 2.43 bits per heavy atom. The number of halogens is 2. The fraction of sp³-hybridized carbons (Fsp3) is 0.294. The number of hydrogen-bond acceptors (Lipinski definition) is 2. The predicted molar refractivity (Wildman–Crippen MR) is 96.7 cm³/mol. The van der Waals surface area contributed by atoms with E-state index in [1.165, 1.54) is 11.3 Å². The molecule has 0 saturated heterocycles. The van der Waals surface area contributed by atoms with Gasteiger partial charge in [0.15, 0.2) is 0 Å². The van der Waals surface area contributed by atoms with Crippen LogP contribution in [0.2, 0.25) is 5.02 Å². The van der Waals surface area contributed by atoms with Crippen LogP contribution in [0.25, 0.3) is 0 Å². The number of aryl methyl sites for hydroxylation is 1. The van der Waals surface area contributed by atoms with Crippen LogP contribution in [0.4, 0.5) is 11.4 Å². The molecule has 0 spiro atoms. The number of nitrogens with zero attached hydrogens (tertiary/aromatic N) is 1. The van der Waals surface area contributed by atoms with Crippen molar-refractivity contribution in [2.45, 2.75) is 19.9 Å². The lowest BCUT2D eigenvalue weighted by Gasteiger charge is -2.20. The van der Waals surface area contributed by atoms with Gasteiger partial charge in [-0.2, -0.15) is 0 Å². The van der Waals surface area contributed by atoms with E-state index in [1.807, 2.05) is 32.3 Å². The van der Waals surface area contributed by atoms with Crippen molar-refractivity contribution in [1.29, 1.82) is 0 Å². The lowest BCUT2D eigenvalue weighted by molar-refractivity contribution is 0.882. The quantitative estimate of drug-likeness (QED) is 0.751. The molecule has 1 atom stereocenters. The average Bonchev–Trinajstić information content (AvgIpc) is 2.40. The van der Waals surface area contributed by atoms with Gasteiger partial charge in [-0.1, -0.05) is 33.6 Å². The zero-order valence-electron chi connectivity index (χ0n) is 12.7. The lowest BCUT2D eigenvalue weighted by atomic mass is 10.1. The molecule has 2 nitrogen and oxygen atoms in total. The van der Waals surface area contributed by atoms with Gasteiger partial charge in [-0.25, -0.2) is 0 Å². The first-order valence-corrected chi connectivity index (χ1v) is 8.05. The maximum atomic E-state index is 6.32. The molecule has 1 unspecified atom stereocenters. The maximum Gasteiger partial charge on any atom is 0.0500 e. The van der Waals surface area contributed by atoms with Crippen molar-refractivity contribution in [2.24, 2.45) is 0 Å². The first-order chi connectivity index (χ1) is 9.88. The number of hydrogen-bond donors (Lipinski definition) is 1. The van der Waals surface area contributed by atoms with Crippen molar-refractivity contribution in [1.82, 2.24) is 0 Å². The third kappa shape index (κ3) is 3.92. The summed E-state index contributed by atoms with van der Waals surface area (Å²) < 4.78 is 0.995. The van der Waals surface area contributed by atoms with E-state index in [4.69, 9.17) is 11.6 Å². The first kappa shape index (κ1) is 16.2. The van der Waals surface area contributed by atoms with Crippen molar-refractivity contribution in [2.75, 3.05) is 24.3 Å². The Kier molecular flexibility index (Phi) is 5.17. The molecule has 2 rings (SSSR count). The van der Waals surface area contributed by atoms with Crippen LogP contribution in [0.3, 0.4) is 0 Å². The highest BCUT2D eigenvalue weighted by Crippen LogP contribution is 2.30. The fourth-order valence-corrected chi connectivity index (χ4v) is 3.09. The van der Waals surface area contributed by atoms with E-state index in [1.54, 1.807) is 0 Å². The number of benzene rings is 2. The van der Waals surface area contributed by atoms with Crippen molar-refractivity contribution in [3.05, 3.63) is 57.0 Å². The van der Waals surface area contributed by atoms with Gasteiger partial charge in [0.05, 0.1) is 6.04 Å². The molecular weight excluding hydrogens is 348 g/mol. The Morgan fingerprint density at radius 2 is 1.86 bits per heavy atom. The van der Waals surface area contributed by atoms with Gasteiger partial charge < -0.3 is 10.2 Å². The average molecular weight is 368 g/mol. The third-order valence-electron chi connectivity index (χ3n) is 3.53. The van der Waals surface area contributed by atoms with Crippen molar-refractivity contribution >= 4 is 38.9 Å². The second-order valence-electron chi connectivity index (χ2n) is 5.43. The summed E-state index contributed by atoms with van der Waals surface area (Å²) in [7, 11) is 4.10. The summed E-state index contributed by atoms with van der Waals surface area (Å²) in [6, 6.07) is 12.6.